The molecule has 0 amide bonds. The topological polar surface area (TPSA) is 29.5 Å². The van der Waals surface area contributed by atoms with Crippen LogP contribution in [-0.2, 0) is 9.53 Å². The van der Waals surface area contributed by atoms with Gasteiger partial charge in [0.25, 0.3) is 0 Å². The van der Waals surface area contributed by atoms with Gasteiger partial charge in [-0.25, -0.2) is 0 Å². The third-order valence-electron chi connectivity index (χ3n) is 3.39. The Morgan fingerprint density at radius 1 is 1.29 bits per heavy atom. The molecule has 0 aromatic carbocycles. The van der Waals surface area contributed by atoms with E-state index < -0.39 is 0 Å². The smallest absolute Gasteiger partial charge is 0.302 e. The van der Waals surface area contributed by atoms with Crippen molar-refractivity contribution in [3.8, 4) is 0 Å². The van der Waals surface area contributed by atoms with Crippen LogP contribution in [0, 0.1) is 0 Å². The molecule has 2 fully saturated rings. The fraction of sp³-hybridized carbons (Fsp3) is 0.900. The number of hydrogen-bond acceptors (Lipinski definition) is 3. The first-order chi connectivity index (χ1) is 6.16. The third-order valence-corrected chi connectivity index (χ3v) is 3.39. The lowest BCUT2D eigenvalue weighted by atomic mass is 10.0. The molecular weight excluding hydrogens is 202 g/mol. The summed E-state index contributed by atoms with van der Waals surface area (Å²) in [5.41, 5.74) is 0. The summed E-state index contributed by atoms with van der Waals surface area (Å²) in [5, 5.41) is 0. The van der Waals surface area contributed by atoms with Crippen LogP contribution in [-0.4, -0.2) is 36.1 Å². The van der Waals surface area contributed by atoms with Crippen LogP contribution in [0.3, 0.4) is 0 Å². The van der Waals surface area contributed by atoms with Crippen molar-refractivity contribution in [1.29, 1.82) is 0 Å². The zero-order valence-electron chi connectivity index (χ0n) is 8.73. The molecule has 3 nitrogen and oxygen atoms in total. The van der Waals surface area contributed by atoms with Crippen LogP contribution in [0.4, 0.5) is 0 Å². The van der Waals surface area contributed by atoms with Crippen LogP contribution < -0.4 is 0 Å². The molecule has 14 heavy (non-hydrogen) atoms. The number of nitrogens with zero attached hydrogens (tertiary/aromatic N) is 1. The number of halogens is 1. The van der Waals surface area contributed by atoms with E-state index in [4.69, 9.17) is 4.74 Å². The van der Waals surface area contributed by atoms with Crippen molar-refractivity contribution in [1.82, 2.24) is 4.90 Å². The lowest BCUT2D eigenvalue weighted by Crippen LogP contribution is -2.43. The molecule has 0 saturated carbocycles. The third kappa shape index (κ3) is 2.20. The summed E-state index contributed by atoms with van der Waals surface area (Å²) in [4.78, 5) is 13.2. The molecule has 2 aliphatic heterocycles. The summed E-state index contributed by atoms with van der Waals surface area (Å²) < 4.78 is 5.25. The second-order valence-electron chi connectivity index (χ2n) is 4.25. The number of ether oxygens (including phenoxy) is 1. The molecule has 0 aliphatic carbocycles. The number of piperidine rings is 1. The predicted octanol–water partition coefficient (Wildman–Crippen LogP) is 1.60. The Morgan fingerprint density at radius 2 is 1.79 bits per heavy atom. The maximum atomic E-state index is 10.8. The van der Waals surface area contributed by atoms with Crippen molar-refractivity contribution < 1.29 is 9.53 Å². The minimum Gasteiger partial charge on any atom is -0.462 e. The van der Waals surface area contributed by atoms with E-state index in [1.807, 2.05) is 0 Å². The van der Waals surface area contributed by atoms with E-state index >= 15 is 0 Å². The second-order valence-corrected chi connectivity index (χ2v) is 4.25. The van der Waals surface area contributed by atoms with Crippen molar-refractivity contribution in [3.63, 3.8) is 0 Å². The van der Waals surface area contributed by atoms with E-state index in [0.717, 1.165) is 12.8 Å². The fourth-order valence-corrected chi connectivity index (χ4v) is 2.69. The second kappa shape index (κ2) is 4.49. The Labute approximate surface area is 91.2 Å². The summed E-state index contributed by atoms with van der Waals surface area (Å²) in [7, 11) is 2.19. The Hall–Kier alpha value is -0.280. The molecule has 82 valence electrons. The number of rotatable bonds is 1. The van der Waals surface area contributed by atoms with Crippen LogP contribution in [0.1, 0.15) is 32.6 Å². The number of fused-ring (bicyclic) bond motifs is 2. The minimum atomic E-state index is -0.131. The largest absolute Gasteiger partial charge is 0.462 e. The molecule has 0 radical (unpaired) electrons. The molecule has 2 unspecified atom stereocenters. The van der Waals surface area contributed by atoms with Gasteiger partial charge in [-0.3, -0.25) is 4.79 Å². The number of carbonyl (C=O) groups excluding carboxylic acids is 1. The van der Waals surface area contributed by atoms with Crippen LogP contribution in [0.5, 0.6) is 0 Å². The van der Waals surface area contributed by atoms with Crippen molar-refractivity contribution >= 4 is 18.4 Å². The molecule has 2 atom stereocenters. The SMILES string of the molecule is CC(=O)OC1CC2CCC(C1)N2C.Cl. The van der Waals surface area contributed by atoms with E-state index in [1.165, 1.54) is 19.8 Å². The van der Waals surface area contributed by atoms with Gasteiger partial charge in [0.1, 0.15) is 6.10 Å². The summed E-state index contributed by atoms with van der Waals surface area (Å²) in [6, 6.07) is 1.31. The first-order valence-electron chi connectivity index (χ1n) is 5.06. The van der Waals surface area contributed by atoms with Gasteiger partial charge < -0.3 is 9.64 Å². The maximum absolute atomic E-state index is 10.8. The highest BCUT2D eigenvalue weighted by atomic mass is 35.5. The Bertz CT molecular complexity index is 208. The predicted molar refractivity (Wildman–Crippen MR) is 56.6 cm³/mol. The van der Waals surface area contributed by atoms with Gasteiger partial charge in [-0.05, 0) is 32.7 Å². The summed E-state index contributed by atoms with van der Waals surface area (Å²) in [5.74, 6) is -0.131. The normalized spacial score (nSPS) is 36.3. The fourth-order valence-electron chi connectivity index (χ4n) is 2.69. The van der Waals surface area contributed by atoms with Crippen LogP contribution in [0.2, 0.25) is 0 Å². The van der Waals surface area contributed by atoms with Crippen molar-refractivity contribution in [2.24, 2.45) is 0 Å². The standard InChI is InChI=1S/C10H17NO2.ClH/c1-7(12)13-10-5-8-3-4-9(6-10)11(8)2;/h8-10H,3-6H2,1-2H3;1H. The lowest BCUT2D eigenvalue weighted by molar-refractivity contribution is -0.149. The molecule has 0 N–H and O–H groups in total. The monoisotopic (exact) mass is 219 g/mol. The highest BCUT2D eigenvalue weighted by Gasteiger charge is 2.39. The summed E-state index contributed by atoms with van der Waals surface area (Å²) in [6.45, 7) is 1.50. The maximum Gasteiger partial charge on any atom is 0.302 e. The summed E-state index contributed by atoms with van der Waals surface area (Å²) >= 11 is 0. The van der Waals surface area contributed by atoms with E-state index in [0.29, 0.717) is 12.1 Å². The van der Waals surface area contributed by atoms with E-state index in [2.05, 4.69) is 11.9 Å². The average molecular weight is 220 g/mol. The molecule has 2 aliphatic rings. The molecule has 4 heteroatoms. The van der Waals surface area contributed by atoms with Gasteiger partial charge in [-0.2, -0.15) is 0 Å². The average Bonchev–Trinajstić information content (AvgIpc) is 2.33. The summed E-state index contributed by atoms with van der Waals surface area (Å²) in [6.07, 6.45) is 4.81. The quantitative estimate of drug-likeness (QED) is 0.628. The van der Waals surface area contributed by atoms with Crippen LogP contribution >= 0.6 is 12.4 Å². The van der Waals surface area contributed by atoms with Gasteiger partial charge in [0.2, 0.25) is 0 Å². The zero-order valence-corrected chi connectivity index (χ0v) is 9.55. The lowest BCUT2D eigenvalue weighted by Gasteiger charge is -2.35. The van der Waals surface area contributed by atoms with E-state index in [1.54, 1.807) is 0 Å². The molecule has 2 saturated heterocycles. The number of hydrogen-bond donors (Lipinski definition) is 0. The molecule has 2 bridgehead atoms. The zero-order chi connectivity index (χ0) is 9.42. The number of carbonyl (C=O) groups is 1. The van der Waals surface area contributed by atoms with Gasteiger partial charge in [0.05, 0.1) is 0 Å². The minimum absolute atomic E-state index is 0. The first kappa shape index (κ1) is 11.8. The Balaban J connectivity index is 0.000000980. The highest BCUT2D eigenvalue weighted by Crippen LogP contribution is 2.35. The van der Waals surface area contributed by atoms with Gasteiger partial charge in [0, 0.05) is 19.0 Å². The van der Waals surface area contributed by atoms with Crippen molar-refractivity contribution in [3.05, 3.63) is 0 Å². The first-order valence-corrected chi connectivity index (χ1v) is 5.06. The van der Waals surface area contributed by atoms with Gasteiger partial charge in [-0.1, -0.05) is 0 Å². The van der Waals surface area contributed by atoms with Crippen LogP contribution in [0.15, 0.2) is 0 Å². The van der Waals surface area contributed by atoms with Crippen molar-refractivity contribution in [2.45, 2.75) is 50.8 Å². The highest BCUT2D eigenvalue weighted by molar-refractivity contribution is 5.85. The van der Waals surface area contributed by atoms with Gasteiger partial charge in [-0.15, -0.1) is 12.4 Å². The molecule has 0 spiro atoms. The molecule has 0 aromatic heterocycles. The molecule has 2 rings (SSSR count). The molecule has 0 aromatic rings. The van der Waals surface area contributed by atoms with E-state index in [-0.39, 0.29) is 24.5 Å². The van der Waals surface area contributed by atoms with Gasteiger partial charge >= 0.3 is 5.97 Å². The number of esters is 1. The van der Waals surface area contributed by atoms with Crippen LogP contribution in [0.25, 0.3) is 0 Å². The van der Waals surface area contributed by atoms with Gasteiger partial charge in [0.15, 0.2) is 0 Å². The molecular formula is C10H18ClNO2. The van der Waals surface area contributed by atoms with E-state index in [9.17, 15) is 4.79 Å². The van der Waals surface area contributed by atoms with Crippen molar-refractivity contribution in [2.75, 3.05) is 7.05 Å². The Morgan fingerprint density at radius 3 is 2.21 bits per heavy atom. The molecule has 2 heterocycles. The Kier molecular flexibility index (Phi) is 3.78.